The topological polar surface area (TPSA) is 6.48 Å². The molecule has 92 valence electrons. The lowest BCUT2D eigenvalue weighted by atomic mass is 10.5. The van der Waals surface area contributed by atoms with Crippen molar-refractivity contribution in [3.63, 3.8) is 0 Å². The van der Waals surface area contributed by atoms with Crippen molar-refractivity contribution in [2.24, 2.45) is 0 Å². The van der Waals surface area contributed by atoms with E-state index in [1.165, 1.54) is 0 Å². The SMILES string of the molecule is C=CCN(CC=C)PN(CC=C)CC=C.Cl. The summed E-state index contributed by atoms with van der Waals surface area (Å²) in [6.07, 6.45) is 7.65. The van der Waals surface area contributed by atoms with Crippen molar-refractivity contribution in [2.45, 2.75) is 0 Å². The average molecular weight is 261 g/mol. The molecular formula is C12H22ClN2P. The molecule has 0 saturated heterocycles. The molecule has 0 aliphatic heterocycles. The molecule has 0 atom stereocenters. The van der Waals surface area contributed by atoms with Crippen LogP contribution in [0.25, 0.3) is 0 Å². The Hall–Kier alpha value is -0.400. The van der Waals surface area contributed by atoms with E-state index < -0.39 is 0 Å². The summed E-state index contributed by atoms with van der Waals surface area (Å²) in [6.45, 7) is 18.5. The van der Waals surface area contributed by atoms with E-state index in [1.807, 2.05) is 24.3 Å². The van der Waals surface area contributed by atoms with E-state index in [1.54, 1.807) is 0 Å². The molecule has 0 saturated carbocycles. The van der Waals surface area contributed by atoms with Gasteiger partial charge in [-0.1, -0.05) is 24.3 Å². The standard InChI is InChI=1S/C12H21N2P.ClH/c1-5-9-13(10-6-2)15-14(11-7-3)12-8-4;/h5-8,15H,1-4,9-12H2;1H. The van der Waals surface area contributed by atoms with Gasteiger partial charge in [-0.2, -0.15) is 0 Å². The molecule has 0 fully saturated rings. The second kappa shape index (κ2) is 12.7. The summed E-state index contributed by atoms with van der Waals surface area (Å²) in [6, 6.07) is 0. The van der Waals surface area contributed by atoms with Gasteiger partial charge >= 0.3 is 0 Å². The van der Waals surface area contributed by atoms with Gasteiger partial charge in [0, 0.05) is 35.1 Å². The molecular weight excluding hydrogens is 239 g/mol. The van der Waals surface area contributed by atoms with Crippen LogP contribution in [0, 0.1) is 0 Å². The summed E-state index contributed by atoms with van der Waals surface area (Å²) >= 11 is 0. The smallest absolute Gasteiger partial charge is 0.0252 e. The quantitative estimate of drug-likeness (QED) is 0.439. The molecule has 0 rings (SSSR count). The fourth-order valence-electron chi connectivity index (χ4n) is 1.14. The van der Waals surface area contributed by atoms with Gasteiger partial charge in [-0.25, -0.2) is 0 Å². The molecule has 4 heteroatoms. The van der Waals surface area contributed by atoms with Gasteiger partial charge in [-0.15, -0.1) is 38.7 Å². The predicted molar refractivity (Wildman–Crippen MR) is 79.5 cm³/mol. The lowest BCUT2D eigenvalue weighted by Crippen LogP contribution is -2.23. The molecule has 0 aromatic heterocycles. The van der Waals surface area contributed by atoms with E-state index in [0.29, 0.717) is 8.88 Å². The van der Waals surface area contributed by atoms with Gasteiger partial charge in [-0.3, -0.25) is 9.34 Å². The normalized spacial score (nSPS) is 9.62. The molecule has 16 heavy (non-hydrogen) atoms. The maximum Gasteiger partial charge on any atom is 0.0252 e. The third-order valence-electron chi connectivity index (χ3n) is 1.68. The van der Waals surface area contributed by atoms with Crippen molar-refractivity contribution in [1.29, 1.82) is 0 Å². The van der Waals surface area contributed by atoms with Crippen molar-refractivity contribution >= 4 is 21.3 Å². The Labute approximate surface area is 108 Å². The monoisotopic (exact) mass is 260 g/mol. The van der Waals surface area contributed by atoms with Crippen LogP contribution < -0.4 is 0 Å². The minimum absolute atomic E-state index is 0. The first-order valence-electron chi connectivity index (χ1n) is 4.98. The van der Waals surface area contributed by atoms with Crippen LogP contribution in [0.5, 0.6) is 0 Å². The van der Waals surface area contributed by atoms with Gasteiger partial charge in [-0.05, 0) is 0 Å². The van der Waals surface area contributed by atoms with Crippen LogP contribution in [-0.2, 0) is 0 Å². The first-order chi connectivity index (χ1) is 7.28. The Bertz CT molecular complexity index is 177. The molecule has 0 N–H and O–H groups in total. The zero-order chi connectivity index (χ0) is 11.5. The zero-order valence-corrected chi connectivity index (χ0v) is 11.6. The number of rotatable bonds is 10. The van der Waals surface area contributed by atoms with E-state index in [2.05, 4.69) is 35.7 Å². The van der Waals surface area contributed by atoms with Crippen molar-refractivity contribution in [3.05, 3.63) is 50.6 Å². The predicted octanol–water partition coefficient (Wildman–Crippen LogP) is 3.26. The minimum atomic E-state index is 0. The van der Waals surface area contributed by atoms with E-state index >= 15 is 0 Å². The first-order valence-corrected chi connectivity index (χ1v) is 5.87. The molecule has 0 amide bonds. The van der Waals surface area contributed by atoms with E-state index in [0.717, 1.165) is 26.2 Å². The fraction of sp³-hybridized carbons (Fsp3) is 0.333. The molecule has 0 aliphatic carbocycles. The highest BCUT2D eigenvalue weighted by Gasteiger charge is 2.06. The van der Waals surface area contributed by atoms with Gasteiger partial charge in [0.1, 0.15) is 0 Å². The summed E-state index contributed by atoms with van der Waals surface area (Å²) in [7, 11) is 0.623. The second-order valence-corrected chi connectivity index (χ2v) is 4.53. The Morgan fingerprint density at radius 1 is 0.688 bits per heavy atom. The van der Waals surface area contributed by atoms with Gasteiger partial charge < -0.3 is 0 Å². The van der Waals surface area contributed by atoms with Crippen molar-refractivity contribution in [1.82, 2.24) is 9.34 Å². The minimum Gasteiger partial charge on any atom is -0.265 e. The van der Waals surface area contributed by atoms with Crippen LogP contribution in [0.4, 0.5) is 0 Å². The first kappa shape index (κ1) is 18.0. The molecule has 0 radical (unpaired) electrons. The Balaban J connectivity index is 0. The fourth-order valence-corrected chi connectivity index (χ4v) is 2.38. The molecule has 0 bridgehead atoms. The van der Waals surface area contributed by atoms with Gasteiger partial charge in [0.2, 0.25) is 0 Å². The summed E-state index contributed by atoms with van der Waals surface area (Å²) in [5.41, 5.74) is 0. The van der Waals surface area contributed by atoms with Crippen LogP contribution in [-0.4, -0.2) is 35.5 Å². The van der Waals surface area contributed by atoms with Crippen LogP contribution >= 0.6 is 21.3 Å². The lowest BCUT2D eigenvalue weighted by Gasteiger charge is -2.26. The number of hydrogen-bond donors (Lipinski definition) is 0. The summed E-state index contributed by atoms with van der Waals surface area (Å²) in [5, 5.41) is 0. The number of nitrogens with zero attached hydrogens (tertiary/aromatic N) is 2. The average Bonchev–Trinajstić information content (AvgIpc) is 2.19. The van der Waals surface area contributed by atoms with Crippen LogP contribution in [0.2, 0.25) is 0 Å². The van der Waals surface area contributed by atoms with Crippen LogP contribution in [0.3, 0.4) is 0 Å². The molecule has 0 aliphatic rings. The summed E-state index contributed by atoms with van der Waals surface area (Å²) in [5.74, 6) is 0. The Morgan fingerprint density at radius 2 is 0.938 bits per heavy atom. The highest BCUT2D eigenvalue weighted by atomic mass is 35.5. The van der Waals surface area contributed by atoms with Crippen molar-refractivity contribution < 1.29 is 0 Å². The summed E-state index contributed by atoms with van der Waals surface area (Å²) in [4.78, 5) is 0. The van der Waals surface area contributed by atoms with Crippen LogP contribution in [0.15, 0.2) is 50.6 Å². The van der Waals surface area contributed by atoms with Gasteiger partial charge in [0.05, 0.1) is 0 Å². The highest BCUT2D eigenvalue weighted by molar-refractivity contribution is 7.32. The van der Waals surface area contributed by atoms with Crippen molar-refractivity contribution in [3.8, 4) is 0 Å². The summed E-state index contributed by atoms with van der Waals surface area (Å²) < 4.78 is 4.57. The zero-order valence-electron chi connectivity index (χ0n) is 9.77. The van der Waals surface area contributed by atoms with E-state index in [9.17, 15) is 0 Å². The van der Waals surface area contributed by atoms with Gasteiger partial charge in [0.25, 0.3) is 0 Å². The third kappa shape index (κ3) is 8.87. The molecule has 0 aromatic rings. The maximum atomic E-state index is 3.75. The largest absolute Gasteiger partial charge is 0.265 e. The Morgan fingerprint density at radius 3 is 1.12 bits per heavy atom. The van der Waals surface area contributed by atoms with Crippen LogP contribution in [0.1, 0.15) is 0 Å². The maximum absolute atomic E-state index is 3.75. The van der Waals surface area contributed by atoms with E-state index in [4.69, 9.17) is 0 Å². The highest BCUT2D eigenvalue weighted by Crippen LogP contribution is 2.23. The van der Waals surface area contributed by atoms with E-state index in [-0.39, 0.29) is 12.4 Å². The van der Waals surface area contributed by atoms with Gasteiger partial charge in [0.15, 0.2) is 0 Å². The van der Waals surface area contributed by atoms with Crippen molar-refractivity contribution in [2.75, 3.05) is 26.2 Å². The number of hydrogen-bond acceptors (Lipinski definition) is 2. The lowest BCUT2D eigenvalue weighted by molar-refractivity contribution is 0.486. The number of halogens is 1. The second-order valence-electron chi connectivity index (χ2n) is 3.06. The molecule has 0 unspecified atom stereocenters. The molecule has 0 aromatic carbocycles. The molecule has 0 heterocycles. The molecule has 0 spiro atoms. The Kier molecular flexibility index (Phi) is 14.2. The molecule has 2 nitrogen and oxygen atoms in total. The third-order valence-corrected chi connectivity index (χ3v) is 2.98.